The number of unbranched alkanes of at least 4 members (excludes halogenated alkanes) is 3. The van der Waals surface area contributed by atoms with Gasteiger partial charge in [0, 0.05) is 13.2 Å². The molecule has 0 aromatic carbocycles. The van der Waals surface area contributed by atoms with Crippen molar-refractivity contribution in [1.29, 1.82) is 0 Å². The predicted molar refractivity (Wildman–Crippen MR) is 76.9 cm³/mol. The number of ether oxygens (including phenoxy) is 2. The largest absolute Gasteiger partial charge is 0.353 e. The summed E-state index contributed by atoms with van der Waals surface area (Å²) in [7, 11) is 0. The van der Waals surface area contributed by atoms with E-state index in [1.54, 1.807) is 19.3 Å². The van der Waals surface area contributed by atoms with Gasteiger partial charge in [-0.15, -0.1) is 0 Å². The third kappa shape index (κ3) is 4.75. The lowest BCUT2D eigenvalue weighted by atomic mass is 10.1. The van der Waals surface area contributed by atoms with Crippen LogP contribution in [0.15, 0.2) is 0 Å². The molecule has 2 nitrogen and oxygen atoms in total. The highest BCUT2D eigenvalue weighted by atomic mass is 16.7. The second kappa shape index (κ2) is 7.08. The Morgan fingerprint density at radius 1 is 0.947 bits per heavy atom. The van der Waals surface area contributed by atoms with Gasteiger partial charge in [0.2, 0.25) is 0 Å². The van der Waals surface area contributed by atoms with E-state index in [2.05, 4.69) is 0 Å². The maximum absolute atomic E-state index is 5.76. The molecule has 0 radical (unpaired) electrons. The average Bonchev–Trinajstić information content (AvgIpc) is 3.31. The molecule has 2 saturated carbocycles. The zero-order chi connectivity index (χ0) is 12.9. The normalized spacial score (nSPS) is 34.4. The van der Waals surface area contributed by atoms with E-state index < -0.39 is 0 Å². The maximum atomic E-state index is 5.76. The van der Waals surface area contributed by atoms with Gasteiger partial charge in [-0.1, -0.05) is 25.7 Å². The van der Waals surface area contributed by atoms with Gasteiger partial charge in [0.25, 0.3) is 0 Å². The summed E-state index contributed by atoms with van der Waals surface area (Å²) in [5.41, 5.74) is 0. The van der Waals surface area contributed by atoms with Gasteiger partial charge in [0.15, 0.2) is 6.29 Å². The van der Waals surface area contributed by atoms with Crippen molar-refractivity contribution in [3.63, 3.8) is 0 Å². The topological polar surface area (TPSA) is 18.5 Å². The van der Waals surface area contributed by atoms with Crippen LogP contribution in [-0.4, -0.2) is 19.5 Å². The fourth-order valence-electron chi connectivity index (χ4n) is 3.62. The molecule has 0 amide bonds. The molecule has 110 valence electrons. The molecular weight excluding hydrogens is 236 g/mol. The Morgan fingerprint density at radius 2 is 1.84 bits per heavy atom. The van der Waals surface area contributed by atoms with Gasteiger partial charge in [-0.25, -0.2) is 0 Å². The van der Waals surface area contributed by atoms with Gasteiger partial charge in [-0.3, -0.25) is 0 Å². The first-order chi connectivity index (χ1) is 9.43. The van der Waals surface area contributed by atoms with Crippen LogP contribution in [0.2, 0.25) is 0 Å². The maximum Gasteiger partial charge on any atom is 0.157 e. The molecule has 3 rings (SSSR count). The van der Waals surface area contributed by atoms with Crippen LogP contribution in [0.3, 0.4) is 0 Å². The van der Waals surface area contributed by atoms with E-state index >= 15 is 0 Å². The van der Waals surface area contributed by atoms with E-state index in [1.807, 2.05) is 0 Å². The summed E-state index contributed by atoms with van der Waals surface area (Å²) in [6.45, 7) is 1.80. The lowest BCUT2D eigenvalue weighted by Crippen LogP contribution is -2.22. The van der Waals surface area contributed by atoms with E-state index in [0.29, 0.717) is 0 Å². The molecule has 1 heterocycles. The van der Waals surface area contributed by atoms with E-state index in [1.165, 1.54) is 44.9 Å². The highest BCUT2D eigenvalue weighted by Crippen LogP contribution is 2.56. The van der Waals surface area contributed by atoms with Crippen molar-refractivity contribution in [3.05, 3.63) is 0 Å². The molecule has 2 heteroatoms. The van der Waals surface area contributed by atoms with Gasteiger partial charge in [0.05, 0.1) is 0 Å². The second-order valence-electron chi connectivity index (χ2n) is 6.87. The van der Waals surface area contributed by atoms with Crippen molar-refractivity contribution in [2.75, 3.05) is 13.2 Å². The van der Waals surface area contributed by atoms with Crippen LogP contribution in [0.4, 0.5) is 0 Å². The van der Waals surface area contributed by atoms with Gasteiger partial charge in [0.1, 0.15) is 0 Å². The molecule has 19 heavy (non-hydrogen) atoms. The number of hydrogen-bond donors (Lipinski definition) is 0. The Balaban J connectivity index is 1.10. The van der Waals surface area contributed by atoms with Crippen LogP contribution in [-0.2, 0) is 9.47 Å². The van der Waals surface area contributed by atoms with Crippen molar-refractivity contribution >= 4 is 0 Å². The Kier molecular flexibility index (Phi) is 5.17. The van der Waals surface area contributed by atoms with Crippen molar-refractivity contribution in [3.8, 4) is 0 Å². The van der Waals surface area contributed by atoms with E-state index in [0.717, 1.165) is 37.4 Å². The molecule has 3 aliphatic rings. The first kappa shape index (κ1) is 13.9. The van der Waals surface area contributed by atoms with Crippen LogP contribution < -0.4 is 0 Å². The van der Waals surface area contributed by atoms with Crippen molar-refractivity contribution < 1.29 is 9.47 Å². The van der Waals surface area contributed by atoms with E-state index in [-0.39, 0.29) is 6.29 Å². The molecule has 3 atom stereocenters. The summed E-state index contributed by atoms with van der Waals surface area (Å²) in [6.07, 6.45) is 15.3. The minimum atomic E-state index is 0.111. The fraction of sp³-hybridized carbons (Fsp3) is 1.00. The summed E-state index contributed by atoms with van der Waals surface area (Å²) < 4.78 is 11.3. The smallest absolute Gasteiger partial charge is 0.157 e. The summed E-state index contributed by atoms with van der Waals surface area (Å²) in [4.78, 5) is 0. The fourth-order valence-corrected chi connectivity index (χ4v) is 3.62. The molecule has 0 N–H and O–H groups in total. The van der Waals surface area contributed by atoms with Crippen molar-refractivity contribution in [2.24, 2.45) is 17.8 Å². The molecule has 3 fully saturated rings. The quantitative estimate of drug-likeness (QED) is 0.571. The summed E-state index contributed by atoms with van der Waals surface area (Å²) in [5, 5.41) is 0. The first-order valence-electron chi connectivity index (χ1n) is 8.66. The Labute approximate surface area is 118 Å². The summed E-state index contributed by atoms with van der Waals surface area (Å²) in [5.74, 6) is 3.44. The van der Waals surface area contributed by atoms with Gasteiger partial charge >= 0.3 is 0 Å². The molecule has 0 aromatic rings. The van der Waals surface area contributed by atoms with Gasteiger partial charge < -0.3 is 9.47 Å². The standard InChI is InChI=1S/C17H30O2/c1(3-7-15-13-16(15)14-9-10-14)2-5-11-18-17-8-4-6-12-19-17/h14-17H,1-13H2/t15-,16+,17?/m1/s1. The minimum absolute atomic E-state index is 0.111. The van der Waals surface area contributed by atoms with E-state index in [4.69, 9.17) is 9.47 Å². The predicted octanol–water partition coefficient (Wildman–Crippen LogP) is 4.53. The third-order valence-corrected chi connectivity index (χ3v) is 5.12. The van der Waals surface area contributed by atoms with Gasteiger partial charge in [-0.2, -0.15) is 0 Å². The van der Waals surface area contributed by atoms with Crippen LogP contribution in [0.5, 0.6) is 0 Å². The highest BCUT2D eigenvalue weighted by Gasteiger charge is 2.46. The van der Waals surface area contributed by atoms with E-state index in [9.17, 15) is 0 Å². The molecule has 1 saturated heterocycles. The average molecular weight is 266 g/mol. The molecule has 0 aromatic heterocycles. The van der Waals surface area contributed by atoms with Crippen molar-refractivity contribution in [2.45, 2.75) is 76.9 Å². The second-order valence-corrected chi connectivity index (χ2v) is 6.87. The Morgan fingerprint density at radius 3 is 2.63 bits per heavy atom. The lowest BCUT2D eigenvalue weighted by molar-refractivity contribution is -0.162. The minimum Gasteiger partial charge on any atom is -0.353 e. The summed E-state index contributed by atoms with van der Waals surface area (Å²) in [6, 6.07) is 0. The number of hydrogen-bond acceptors (Lipinski definition) is 2. The molecule has 0 spiro atoms. The molecule has 1 aliphatic heterocycles. The third-order valence-electron chi connectivity index (χ3n) is 5.12. The molecule has 2 aliphatic carbocycles. The van der Waals surface area contributed by atoms with Crippen LogP contribution >= 0.6 is 0 Å². The lowest BCUT2D eigenvalue weighted by Gasteiger charge is -2.22. The molecule has 0 bridgehead atoms. The van der Waals surface area contributed by atoms with Crippen LogP contribution in [0.1, 0.15) is 70.6 Å². The number of rotatable bonds is 9. The zero-order valence-corrected chi connectivity index (χ0v) is 12.3. The zero-order valence-electron chi connectivity index (χ0n) is 12.3. The first-order valence-corrected chi connectivity index (χ1v) is 8.66. The highest BCUT2D eigenvalue weighted by molar-refractivity contribution is 4.96. The SMILES string of the molecule is C(CCC[C@@H]1C[C@H]1C1CC1)CCOC1CCCCO1. The monoisotopic (exact) mass is 266 g/mol. The molecular formula is C17H30O2. The van der Waals surface area contributed by atoms with Crippen LogP contribution in [0, 0.1) is 17.8 Å². The summed E-state index contributed by atoms with van der Waals surface area (Å²) >= 11 is 0. The Hall–Kier alpha value is -0.0800. The van der Waals surface area contributed by atoms with Crippen molar-refractivity contribution in [1.82, 2.24) is 0 Å². The Bertz CT molecular complexity index is 256. The van der Waals surface area contributed by atoms with Crippen LogP contribution in [0.25, 0.3) is 0 Å². The molecule has 1 unspecified atom stereocenters. The van der Waals surface area contributed by atoms with Gasteiger partial charge in [-0.05, 0) is 62.7 Å².